The Balaban J connectivity index is 1.60. The average molecular weight is 239 g/mol. The molecule has 3 N–H and O–H groups in total. The van der Waals surface area contributed by atoms with Crippen LogP contribution in [0.4, 0.5) is 0 Å². The second-order valence-electron chi connectivity index (χ2n) is 5.48. The van der Waals surface area contributed by atoms with Crippen molar-refractivity contribution in [1.82, 2.24) is 10.2 Å². The van der Waals surface area contributed by atoms with Gasteiger partial charge in [0.15, 0.2) is 0 Å². The molecule has 0 radical (unpaired) electrons. The van der Waals surface area contributed by atoms with Gasteiger partial charge in [-0.2, -0.15) is 0 Å². The normalized spacial score (nSPS) is 30.4. The molecule has 17 heavy (non-hydrogen) atoms. The van der Waals surface area contributed by atoms with Crippen molar-refractivity contribution >= 4 is 5.91 Å². The maximum atomic E-state index is 11.8. The van der Waals surface area contributed by atoms with Crippen molar-refractivity contribution in [3.05, 3.63) is 0 Å². The van der Waals surface area contributed by atoms with Gasteiger partial charge in [-0.25, -0.2) is 0 Å². The van der Waals surface area contributed by atoms with Crippen LogP contribution in [-0.2, 0) is 4.79 Å². The van der Waals surface area contributed by atoms with Crippen LogP contribution in [0.2, 0.25) is 0 Å². The van der Waals surface area contributed by atoms with Crippen molar-refractivity contribution in [3.63, 3.8) is 0 Å². The highest BCUT2D eigenvalue weighted by Gasteiger charge is 2.20. The summed E-state index contributed by atoms with van der Waals surface area (Å²) in [4.78, 5) is 14.2. The van der Waals surface area contributed by atoms with Crippen LogP contribution in [-0.4, -0.2) is 42.5 Å². The standard InChI is InChI=1S/C13H25N3O/c14-11-3-5-12(6-4-11)15-13(17)7-10-16-8-1-2-9-16/h11-12H,1-10,14H2,(H,15,17)/t11-,12-. The van der Waals surface area contributed by atoms with Crippen molar-refractivity contribution in [2.45, 2.75) is 57.0 Å². The number of nitrogens with zero attached hydrogens (tertiary/aromatic N) is 1. The topological polar surface area (TPSA) is 58.4 Å². The molecule has 1 saturated heterocycles. The summed E-state index contributed by atoms with van der Waals surface area (Å²) in [5, 5.41) is 3.14. The third-order valence-electron chi connectivity index (χ3n) is 3.99. The zero-order chi connectivity index (χ0) is 12.1. The number of hydrogen-bond donors (Lipinski definition) is 2. The fraction of sp³-hybridized carbons (Fsp3) is 0.923. The number of nitrogens with two attached hydrogens (primary N) is 1. The summed E-state index contributed by atoms with van der Waals surface area (Å²) in [7, 11) is 0. The Hall–Kier alpha value is -0.610. The van der Waals surface area contributed by atoms with E-state index in [1.807, 2.05) is 0 Å². The molecule has 0 aromatic rings. The van der Waals surface area contributed by atoms with E-state index in [4.69, 9.17) is 5.73 Å². The zero-order valence-electron chi connectivity index (χ0n) is 10.7. The molecule has 1 amide bonds. The molecule has 4 nitrogen and oxygen atoms in total. The van der Waals surface area contributed by atoms with Crippen molar-refractivity contribution in [2.75, 3.05) is 19.6 Å². The lowest BCUT2D eigenvalue weighted by molar-refractivity contribution is -0.122. The Morgan fingerprint density at radius 1 is 1.18 bits per heavy atom. The molecule has 4 heteroatoms. The van der Waals surface area contributed by atoms with Crippen molar-refractivity contribution in [2.24, 2.45) is 5.73 Å². The zero-order valence-corrected chi connectivity index (χ0v) is 10.7. The van der Waals surface area contributed by atoms with E-state index < -0.39 is 0 Å². The SMILES string of the molecule is N[C@H]1CC[C@H](NC(=O)CCN2CCCC2)CC1. The van der Waals surface area contributed by atoms with Gasteiger partial charge in [0, 0.05) is 25.0 Å². The van der Waals surface area contributed by atoms with Gasteiger partial charge in [-0.05, 0) is 51.6 Å². The second kappa shape index (κ2) is 6.36. The molecule has 0 spiro atoms. The molecule has 0 aromatic carbocycles. The molecule has 98 valence electrons. The average Bonchev–Trinajstić information content (AvgIpc) is 2.83. The number of likely N-dealkylation sites (tertiary alicyclic amines) is 1. The number of nitrogens with one attached hydrogen (secondary N) is 1. The molecule has 0 atom stereocenters. The summed E-state index contributed by atoms with van der Waals surface area (Å²) in [6.07, 6.45) is 7.45. The Labute approximate surface area is 104 Å². The van der Waals surface area contributed by atoms with E-state index in [2.05, 4.69) is 10.2 Å². The summed E-state index contributed by atoms with van der Waals surface area (Å²) < 4.78 is 0. The van der Waals surface area contributed by atoms with E-state index in [1.165, 1.54) is 25.9 Å². The van der Waals surface area contributed by atoms with Crippen LogP contribution in [0.5, 0.6) is 0 Å². The molecular formula is C13H25N3O. The minimum atomic E-state index is 0.220. The van der Waals surface area contributed by atoms with Crippen molar-refractivity contribution < 1.29 is 4.79 Å². The van der Waals surface area contributed by atoms with Crippen LogP contribution in [0.1, 0.15) is 44.9 Å². The van der Waals surface area contributed by atoms with Crippen LogP contribution in [0, 0.1) is 0 Å². The fourth-order valence-corrected chi connectivity index (χ4v) is 2.83. The maximum absolute atomic E-state index is 11.8. The molecular weight excluding hydrogens is 214 g/mol. The van der Waals surface area contributed by atoms with E-state index in [1.54, 1.807) is 0 Å². The minimum absolute atomic E-state index is 0.220. The number of carbonyl (C=O) groups excluding carboxylic acids is 1. The van der Waals surface area contributed by atoms with E-state index in [-0.39, 0.29) is 5.91 Å². The highest BCUT2D eigenvalue weighted by molar-refractivity contribution is 5.76. The van der Waals surface area contributed by atoms with Gasteiger partial charge in [0.05, 0.1) is 0 Å². The van der Waals surface area contributed by atoms with E-state index in [9.17, 15) is 4.79 Å². The summed E-state index contributed by atoms with van der Waals surface area (Å²) in [6.45, 7) is 3.27. The fourth-order valence-electron chi connectivity index (χ4n) is 2.83. The molecule has 0 unspecified atom stereocenters. The van der Waals surface area contributed by atoms with Gasteiger partial charge in [0.25, 0.3) is 0 Å². The lowest BCUT2D eigenvalue weighted by atomic mass is 9.92. The summed E-state index contributed by atoms with van der Waals surface area (Å²) in [5.74, 6) is 0.220. The first kappa shape index (κ1) is 12.8. The van der Waals surface area contributed by atoms with Gasteiger partial charge in [0.2, 0.25) is 5.91 Å². The smallest absolute Gasteiger partial charge is 0.221 e. The molecule has 1 aliphatic heterocycles. The maximum Gasteiger partial charge on any atom is 0.221 e. The van der Waals surface area contributed by atoms with Crippen LogP contribution >= 0.6 is 0 Å². The van der Waals surface area contributed by atoms with Gasteiger partial charge < -0.3 is 16.0 Å². The lowest BCUT2D eigenvalue weighted by Gasteiger charge is -2.27. The first-order valence-electron chi connectivity index (χ1n) is 7.01. The van der Waals surface area contributed by atoms with Gasteiger partial charge in [0.1, 0.15) is 0 Å². The highest BCUT2D eigenvalue weighted by atomic mass is 16.1. The monoisotopic (exact) mass is 239 g/mol. The van der Waals surface area contributed by atoms with Crippen molar-refractivity contribution in [1.29, 1.82) is 0 Å². The Kier molecular flexibility index (Phi) is 4.80. The van der Waals surface area contributed by atoms with Crippen molar-refractivity contribution in [3.8, 4) is 0 Å². The van der Waals surface area contributed by atoms with Crippen LogP contribution in [0.25, 0.3) is 0 Å². The third kappa shape index (κ3) is 4.28. The Bertz CT molecular complexity index is 243. The number of hydrogen-bond acceptors (Lipinski definition) is 3. The minimum Gasteiger partial charge on any atom is -0.353 e. The first-order valence-corrected chi connectivity index (χ1v) is 7.01. The Morgan fingerprint density at radius 2 is 1.82 bits per heavy atom. The van der Waals surface area contributed by atoms with Gasteiger partial charge in [-0.15, -0.1) is 0 Å². The quantitative estimate of drug-likeness (QED) is 0.765. The number of carbonyl (C=O) groups is 1. The molecule has 2 aliphatic rings. The van der Waals surface area contributed by atoms with Crippen LogP contribution < -0.4 is 11.1 Å². The predicted octanol–water partition coefficient (Wildman–Crippen LogP) is 0.858. The highest BCUT2D eigenvalue weighted by Crippen LogP contribution is 2.17. The van der Waals surface area contributed by atoms with Gasteiger partial charge in [-0.1, -0.05) is 0 Å². The van der Waals surface area contributed by atoms with Gasteiger partial charge >= 0.3 is 0 Å². The molecule has 0 bridgehead atoms. The third-order valence-corrected chi connectivity index (χ3v) is 3.99. The number of amides is 1. The van der Waals surface area contributed by atoms with Crippen LogP contribution in [0.15, 0.2) is 0 Å². The number of rotatable bonds is 4. The summed E-state index contributed by atoms with van der Waals surface area (Å²) >= 11 is 0. The molecule has 1 saturated carbocycles. The molecule has 0 aromatic heterocycles. The summed E-state index contributed by atoms with van der Waals surface area (Å²) in [5.41, 5.74) is 5.85. The molecule has 1 aliphatic carbocycles. The predicted molar refractivity (Wildman–Crippen MR) is 68.7 cm³/mol. The van der Waals surface area contributed by atoms with E-state index >= 15 is 0 Å². The molecule has 1 heterocycles. The van der Waals surface area contributed by atoms with Gasteiger partial charge in [-0.3, -0.25) is 4.79 Å². The first-order chi connectivity index (χ1) is 8.24. The Morgan fingerprint density at radius 3 is 2.47 bits per heavy atom. The largest absolute Gasteiger partial charge is 0.353 e. The molecule has 2 fully saturated rings. The van der Waals surface area contributed by atoms with Crippen LogP contribution in [0.3, 0.4) is 0 Å². The van der Waals surface area contributed by atoms with E-state index in [0.29, 0.717) is 18.5 Å². The van der Waals surface area contributed by atoms with E-state index in [0.717, 1.165) is 32.2 Å². The lowest BCUT2D eigenvalue weighted by Crippen LogP contribution is -2.41. The molecule has 2 rings (SSSR count). The second-order valence-corrected chi connectivity index (χ2v) is 5.48. The summed E-state index contributed by atoms with van der Waals surface area (Å²) in [6, 6.07) is 0.730.